The minimum atomic E-state index is -1.22. The van der Waals surface area contributed by atoms with Gasteiger partial charge in [-0.3, -0.25) is 0 Å². The molecule has 8 heteroatoms. The van der Waals surface area contributed by atoms with Crippen LogP contribution in [0.2, 0.25) is 10.0 Å². The maximum Gasteiger partial charge on any atom is 0.358 e. The third-order valence-corrected chi connectivity index (χ3v) is 3.32. The van der Waals surface area contributed by atoms with E-state index in [-0.39, 0.29) is 11.4 Å². The van der Waals surface area contributed by atoms with Crippen molar-refractivity contribution in [3.63, 3.8) is 0 Å². The summed E-state index contributed by atoms with van der Waals surface area (Å²) in [6, 6.07) is 8.02. The molecule has 0 spiro atoms. The van der Waals surface area contributed by atoms with E-state index in [2.05, 4.69) is 10.3 Å². The minimum Gasteiger partial charge on any atom is -0.476 e. The maximum atomic E-state index is 11.3. The Kier molecular flexibility index (Phi) is 3.40. The molecule has 0 fully saturated rings. The third-order valence-electron chi connectivity index (χ3n) is 2.76. The summed E-state index contributed by atoms with van der Waals surface area (Å²) in [5.74, 6) is -0.903. The number of hydrogen-bond acceptors (Lipinski definition) is 4. The van der Waals surface area contributed by atoms with Gasteiger partial charge in [-0.05, 0) is 30.3 Å². The fourth-order valence-electron chi connectivity index (χ4n) is 1.88. The number of carbonyl (C=O) groups is 1. The molecule has 2 aromatic heterocycles. The van der Waals surface area contributed by atoms with Crippen LogP contribution in [0.25, 0.3) is 17.1 Å². The molecule has 6 nitrogen and oxygen atoms in total. The lowest BCUT2D eigenvalue weighted by atomic mass is 10.2. The quantitative estimate of drug-likeness (QED) is 0.797. The molecule has 0 atom stereocenters. The maximum absolute atomic E-state index is 11.3. The van der Waals surface area contributed by atoms with Crippen LogP contribution in [-0.2, 0) is 0 Å². The predicted molar refractivity (Wildman–Crippen MR) is 76.0 cm³/mol. The lowest BCUT2D eigenvalue weighted by molar-refractivity contribution is 0.0691. The number of hydrogen-bond donors (Lipinski definition) is 1. The van der Waals surface area contributed by atoms with Crippen molar-refractivity contribution < 1.29 is 14.3 Å². The highest BCUT2D eigenvalue weighted by Gasteiger charge is 2.24. The molecular weight excluding hydrogens is 317 g/mol. The number of aromatic nitrogens is 3. The molecule has 0 radical (unpaired) electrons. The first-order valence-corrected chi connectivity index (χ1v) is 6.52. The molecule has 0 saturated carbocycles. The van der Waals surface area contributed by atoms with Gasteiger partial charge >= 0.3 is 5.97 Å². The van der Waals surface area contributed by atoms with Crippen molar-refractivity contribution in [2.45, 2.75) is 0 Å². The lowest BCUT2D eigenvalue weighted by Gasteiger charge is -2.07. The summed E-state index contributed by atoms with van der Waals surface area (Å²) < 4.78 is 6.55. The largest absolute Gasteiger partial charge is 0.476 e. The van der Waals surface area contributed by atoms with Crippen LogP contribution in [0.15, 0.2) is 41.0 Å². The summed E-state index contributed by atoms with van der Waals surface area (Å²) in [5, 5.41) is 17.5. The smallest absolute Gasteiger partial charge is 0.358 e. The number of rotatable bonds is 3. The fraction of sp³-hybridized carbons (Fsp3) is 0. The molecule has 0 aliphatic carbocycles. The number of carboxylic acids is 1. The number of benzene rings is 1. The van der Waals surface area contributed by atoms with E-state index in [0.717, 1.165) is 0 Å². The molecule has 1 aromatic carbocycles. The monoisotopic (exact) mass is 323 g/mol. The van der Waals surface area contributed by atoms with E-state index < -0.39 is 5.97 Å². The van der Waals surface area contributed by atoms with Crippen LogP contribution in [0.5, 0.6) is 0 Å². The summed E-state index contributed by atoms with van der Waals surface area (Å²) in [4.78, 5) is 11.3. The molecule has 0 aliphatic heterocycles. The van der Waals surface area contributed by atoms with Crippen molar-refractivity contribution >= 4 is 29.2 Å². The van der Waals surface area contributed by atoms with Gasteiger partial charge in [0, 0.05) is 5.02 Å². The van der Waals surface area contributed by atoms with Crippen molar-refractivity contribution in [2.24, 2.45) is 0 Å². The normalized spacial score (nSPS) is 10.8. The van der Waals surface area contributed by atoms with Crippen molar-refractivity contribution in [1.29, 1.82) is 0 Å². The highest BCUT2D eigenvalue weighted by Crippen LogP contribution is 2.30. The SMILES string of the molecule is O=C(O)c1nnn(-c2cc(Cl)ccc2Cl)c1-c1ccco1. The summed E-state index contributed by atoms with van der Waals surface area (Å²) in [6.07, 6.45) is 1.43. The van der Waals surface area contributed by atoms with Gasteiger partial charge in [0.2, 0.25) is 5.69 Å². The van der Waals surface area contributed by atoms with E-state index in [9.17, 15) is 9.90 Å². The van der Waals surface area contributed by atoms with E-state index >= 15 is 0 Å². The fourth-order valence-corrected chi connectivity index (χ4v) is 2.24. The highest BCUT2D eigenvalue weighted by atomic mass is 35.5. The average molecular weight is 324 g/mol. The Morgan fingerprint density at radius 1 is 1.29 bits per heavy atom. The topological polar surface area (TPSA) is 81.1 Å². The number of carboxylic acid groups (broad SMARTS) is 1. The zero-order valence-electron chi connectivity index (χ0n) is 10.3. The summed E-state index contributed by atoms with van der Waals surface area (Å²) >= 11 is 12.1. The van der Waals surface area contributed by atoms with Gasteiger partial charge in [-0.25, -0.2) is 9.48 Å². The van der Waals surface area contributed by atoms with Gasteiger partial charge in [0.05, 0.1) is 17.0 Å². The summed E-state index contributed by atoms with van der Waals surface area (Å²) in [5.41, 5.74) is 0.369. The first-order chi connectivity index (χ1) is 10.1. The third kappa shape index (κ3) is 2.39. The molecule has 0 bridgehead atoms. The van der Waals surface area contributed by atoms with Crippen molar-refractivity contribution in [3.8, 4) is 17.1 Å². The standard InChI is InChI=1S/C13H7Cl2N3O3/c14-7-3-4-8(15)9(6-7)18-12(10-2-1-5-21-10)11(13(19)20)16-17-18/h1-6H,(H,19,20). The molecule has 0 unspecified atom stereocenters. The van der Waals surface area contributed by atoms with E-state index in [4.69, 9.17) is 27.6 Å². The van der Waals surface area contributed by atoms with Crippen LogP contribution >= 0.6 is 23.2 Å². The Balaban J connectivity index is 2.29. The van der Waals surface area contributed by atoms with E-state index in [1.807, 2.05) is 0 Å². The Bertz CT molecular complexity index is 812. The van der Waals surface area contributed by atoms with E-state index in [1.165, 1.54) is 10.9 Å². The molecular formula is C13H7Cl2N3O3. The summed E-state index contributed by atoms with van der Waals surface area (Å²) in [7, 11) is 0. The molecule has 0 aliphatic rings. The van der Waals surface area contributed by atoms with Crippen LogP contribution in [0.4, 0.5) is 0 Å². The number of halogens is 2. The predicted octanol–water partition coefficient (Wildman–Crippen LogP) is 3.53. The van der Waals surface area contributed by atoms with Gasteiger partial charge in [-0.1, -0.05) is 28.4 Å². The number of nitrogens with zero attached hydrogens (tertiary/aromatic N) is 3. The van der Waals surface area contributed by atoms with Crippen LogP contribution < -0.4 is 0 Å². The Morgan fingerprint density at radius 3 is 2.76 bits per heavy atom. The second-order valence-corrected chi connectivity index (χ2v) is 4.92. The molecule has 21 heavy (non-hydrogen) atoms. The number of aromatic carboxylic acids is 1. The van der Waals surface area contributed by atoms with Gasteiger partial charge in [0.1, 0.15) is 5.69 Å². The van der Waals surface area contributed by atoms with Crippen molar-refractivity contribution in [2.75, 3.05) is 0 Å². The first kappa shape index (κ1) is 13.7. The van der Waals surface area contributed by atoms with Crippen molar-refractivity contribution in [1.82, 2.24) is 15.0 Å². The second kappa shape index (κ2) is 5.23. The highest BCUT2D eigenvalue weighted by molar-refractivity contribution is 6.34. The van der Waals surface area contributed by atoms with E-state index in [0.29, 0.717) is 21.5 Å². The molecule has 0 amide bonds. The zero-order valence-corrected chi connectivity index (χ0v) is 11.8. The van der Waals surface area contributed by atoms with Gasteiger partial charge in [-0.15, -0.1) is 5.10 Å². The number of furan rings is 1. The van der Waals surface area contributed by atoms with Crippen LogP contribution in [0.1, 0.15) is 10.5 Å². The van der Waals surface area contributed by atoms with Crippen LogP contribution in [0, 0.1) is 0 Å². The molecule has 3 aromatic rings. The Hall–Kier alpha value is -2.31. The van der Waals surface area contributed by atoms with Gasteiger partial charge in [0.15, 0.2) is 5.76 Å². The lowest BCUT2D eigenvalue weighted by Crippen LogP contribution is -2.03. The molecule has 106 valence electrons. The van der Waals surface area contributed by atoms with Gasteiger partial charge in [0.25, 0.3) is 0 Å². The molecule has 1 N–H and O–H groups in total. The van der Waals surface area contributed by atoms with Crippen LogP contribution in [-0.4, -0.2) is 26.1 Å². The minimum absolute atomic E-state index is 0.191. The Labute approximate surface area is 128 Å². The summed E-state index contributed by atoms with van der Waals surface area (Å²) in [6.45, 7) is 0. The van der Waals surface area contributed by atoms with Gasteiger partial charge in [-0.2, -0.15) is 0 Å². The first-order valence-electron chi connectivity index (χ1n) is 5.76. The van der Waals surface area contributed by atoms with Crippen molar-refractivity contribution in [3.05, 3.63) is 52.3 Å². The average Bonchev–Trinajstić information content (AvgIpc) is 3.08. The van der Waals surface area contributed by atoms with Crippen LogP contribution in [0.3, 0.4) is 0 Å². The van der Waals surface area contributed by atoms with Gasteiger partial charge < -0.3 is 9.52 Å². The molecule has 3 rings (SSSR count). The zero-order chi connectivity index (χ0) is 15.0. The molecule has 2 heterocycles. The second-order valence-electron chi connectivity index (χ2n) is 4.08. The van der Waals surface area contributed by atoms with E-state index in [1.54, 1.807) is 30.3 Å². The Morgan fingerprint density at radius 2 is 2.10 bits per heavy atom. The molecule has 0 saturated heterocycles.